The van der Waals surface area contributed by atoms with Crippen LogP contribution in [0.5, 0.6) is 0 Å². The van der Waals surface area contributed by atoms with Gasteiger partial charge in [0.2, 0.25) is 0 Å². The summed E-state index contributed by atoms with van der Waals surface area (Å²) in [6, 6.07) is 14.5. The summed E-state index contributed by atoms with van der Waals surface area (Å²) in [4.78, 5) is 19.2. The van der Waals surface area contributed by atoms with Gasteiger partial charge in [-0.15, -0.1) is 0 Å². The molecule has 1 heterocycles. The van der Waals surface area contributed by atoms with Crippen molar-refractivity contribution in [3.8, 4) is 6.07 Å². The van der Waals surface area contributed by atoms with Crippen LogP contribution in [0.15, 0.2) is 61.1 Å². The predicted molar refractivity (Wildman–Crippen MR) is 157 cm³/mol. The number of carbonyl (C=O) groups is 1. The zero-order valence-electron chi connectivity index (χ0n) is 23.4. The lowest BCUT2D eigenvalue weighted by Crippen LogP contribution is -2.45. The minimum absolute atomic E-state index is 0.00698. The Labute approximate surface area is 249 Å². The van der Waals surface area contributed by atoms with E-state index in [0.717, 1.165) is 11.6 Å². The number of alkyl halides is 3. The molecule has 2 aromatic carbocycles. The fourth-order valence-electron chi connectivity index (χ4n) is 4.40. The van der Waals surface area contributed by atoms with Crippen molar-refractivity contribution in [3.05, 3.63) is 89.0 Å². The van der Waals surface area contributed by atoms with Gasteiger partial charge < -0.3 is 25.3 Å². The molecular weight excluding hydrogens is 565 g/mol. The molecule has 42 heavy (non-hydrogen) atoms. The van der Waals surface area contributed by atoms with Crippen molar-refractivity contribution in [1.82, 2.24) is 19.8 Å². The molecule has 1 aromatic heterocycles. The smallest absolute Gasteiger partial charge is 0.382 e. The average molecular weight is 601 g/mol. The van der Waals surface area contributed by atoms with Gasteiger partial charge >= 0.3 is 6.18 Å². The molecule has 3 N–H and O–H groups in total. The Hall–Kier alpha value is -3.79. The van der Waals surface area contributed by atoms with Crippen molar-refractivity contribution in [1.29, 1.82) is 5.26 Å². The summed E-state index contributed by atoms with van der Waals surface area (Å²) < 4.78 is 48.4. The van der Waals surface area contributed by atoms with Crippen LogP contribution in [0.4, 0.5) is 13.2 Å². The van der Waals surface area contributed by atoms with Crippen molar-refractivity contribution in [2.45, 2.75) is 39.0 Å². The van der Waals surface area contributed by atoms with Crippen LogP contribution in [0, 0.1) is 17.2 Å². The molecular formula is C30H35F3N6O2S. The van der Waals surface area contributed by atoms with E-state index in [1.807, 2.05) is 23.6 Å². The Kier molecular flexibility index (Phi) is 12.5. The minimum atomic E-state index is -4.54. The van der Waals surface area contributed by atoms with E-state index in [-0.39, 0.29) is 42.5 Å². The Morgan fingerprint density at radius 2 is 1.98 bits per heavy atom. The van der Waals surface area contributed by atoms with E-state index in [9.17, 15) is 18.0 Å². The van der Waals surface area contributed by atoms with Gasteiger partial charge in [0, 0.05) is 70.2 Å². The number of carbonyl (C=O) groups excluding carboxylic acids is 1. The second-order valence-electron chi connectivity index (χ2n) is 9.72. The number of hydrogen-bond donors (Lipinski definition) is 2. The molecule has 0 fully saturated rings. The maximum Gasteiger partial charge on any atom is 0.416 e. The van der Waals surface area contributed by atoms with E-state index in [0.29, 0.717) is 44.0 Å². The largest absolute Gasteiger partial charge is 0.416 e. The Bertz CT molecular complexity index is 1350. The number of nitrogens with zero attached hydrogens (tertiary/aromatic N) is 4. The lowest BCUT2D eigenvalue weighted by atomic mass is 9.99. The molecule has 3 aromatic rings. The van der Waals surface area contributed by atoms with Gasteiger partial charge in [-0.2, -0.15) is 18.4 Å². The molecule has 12 heteroatoms. The monoisotopic (exact) mass is 600 g/mol. The van der Waals surface area contributed by atoms with E-state index < -0.39 is 17.7 Å². The van der Waals surface area contributed by atoms with Crippen molar-refractivity contribution in [2.75, 3.05) is 32.8 Å². The molecule has 0 aliphatic carbocycles. The van der Waals surface area contributed by atoms with Gasteiger partial charge in [0.15, 0.2) is 5.11 Å². The predicted octanol–water partition coefficient (Wildman–Crippen LogP) is 4.31. The van der Waals surface area contributed by atoms with E-state index in [2.05, 4.69) is 16.4 Å². The van der Waals surface area contributed by atoms with Crippen molar-refractivity contribution < 1.29 is 22.7 Å². The van der Waals surface area contributed by atoms with E-state index in [1.165, 1.54) is 12.1 Å². The van der Waals surface area contributed by atoms with E-state index >= 15 is 0 Å². The summed E-state index contributed by atoms with van der Waals surface area (Å²) in [5, 5.41) is 12.3. The van der Waals surface area contributed by atoms with Crippen LogP contribution in [0.2, 0.25) is 0 Å². The second-order valence-corrected chi connectivity index (χ2v) is 10.1. The normalized spacial score (nSPS) is 12.0. The fraction of sp³-hybridized carbons (Fsp3) is 0.400. The summed E-state index contributed by atoms with van der Waals surface area (Å²) in [7, 11) is 0. The van der Waals surface area contributed by atoms with Gasteiger partial charge in [0.1, 0.15) is 5.78 Å². The van der Waals surface area contributed by atoms with Crippen LogP contribution in [0.1, 0.15) is 41.3 Å². The SMILES string of the molecule is CCOCCCNC(=S)N(Cc1ccccc1C(F)(F)F)C[C@H](CN)C(=O)Cc1cncn1Cc1ccc(C#N)cc1. The highest BCUT2D eigenvalue weighted by Crippen LogP contribution is 2.32. The van der Waals surface area contributed by atoms with Gasteiger partial charge in [-0.25, -0.2) is 4.98 Å². The highest BCUT2D eigenvalue weighted by atomic mass is 32.1. The van der Waals surface area contributed by atoms with Gasteiger partial charge in [0.25, 0.3) is 0 Å². The molecule has 0 aliphatic heterocycles. The van der Waals surface area contributed by atoms with E-state index in [4.69, 9.17) is 28.0 Å². The first kappa shape index (κ1) is 32.7. The van der Waals surface area contributed by atoms with Crippen LogP contribution in [-0.2, 0) is 35.2 Å². The number of nitriles is 1. The number of nitrogens with two attached hydrogens (primary N) is 1. The molecule has 0 unspecified atom stereocenters. The number of aromatic nitrogens is 2. The number of ketones is 1. The number of halogens is 3. The topological polar surface area (TPSA) is 109 Å². The molecule has 0 bridgehead atoms. The van der Waals surface area contributed by atoms with Crippen LogP contribution < -0.4 is 11.1 Å². The van der Waals surface area contributed by atoms with Crippen LogP contribution >= 0.6 is 12.2 Å². The zero-order chi connectivity index (χ0) is 30.5. The number of hydrogen-bond acceptors (Lipinski definition) is 6. The second kappa shape index (κ2) is 16.0. The standard InChI is InChI=1S/C30H35F3N6O2S/c1-2-41-13-5-12-37-29(42)38(19-24-6-3-4-7-27(24)30(31,32)33)20-25(16-35)28(40)14-26-17-36-21-39(26)18-23-10-8-22(15-34)9-11-23/h3-4,6-11,17,21,25H,2,5,12-14,16,18-20,35H2,1H3,(H,37,42)/t25-/m0/s1. The number of imidazole rings is 1. The highest BCUT2D eigenvalue weighted by molar-refractivity contribution is 7.80. The number of nitrogens with one attached hydrogen (secondary N) is 1. The van der Waals surface area contributed by atoms with Gasteiger partial charge in [-0.3, -0.25) is 4.79 Å². The lowest BCUT2D eigenvalue weighted by Gasteiger charge is -2.30. The third kappa shape index (κ3) is 9.65. The molecule has 8 nitrogen and oxygen atoms in total. The Morgan fingerprint density at radius 3 is 2.64 bits per heavy atom. The fourth-order valence-corrected chi connectivity index (χ4v) is 4.64. The molecule has 0 saturated heterocycles. The summed E-state index contributed by atoms with van der Waals surface area (Å²) >= 11 is 5.58. The third-order valence-corrected chi connectivity index (χ3v) is 7.09. The van der Waals surface area contributed by atoms with Crippen LogP contribution in [0.3, 0.4) is 0 Å². The van der Waals surface area contributed by atoms with Gasteiger partial charge in [0.05, 0.1) is 23.5 Å². The van der Waals surface area contributed by atoms with Crippen LogP contribution in [0.25, 0.3) is 0 Å². The lowest BCUT2D eigenvalue weighted by molar-refractivity contribution is -0.138. The number of Topliss-reactive ketones (excluding diaryl/α,β-unsaturated/α-hetero) is 1. The maximum absolute atomic E-state index is 13.7. The first-order valence-electron chi connectivity index (χ1n) is 13.6. The molecule has 0 saturated carbocycles. The minimum Gasteiger partial charge on any atom is -0.382 e. The zero-order valence-corrected chi connectivity index (χ0v) is 24.3. The Balaban J connectivity index is 1.75. The molecule has 0 amide bonds. The van der Waals surface area contributed by atoms with Crippen LogP contribution in [-0.4, -0.2) is 58.2 Å². The first-order valence-corrected chi connectivity index (χ1v) is 14.0. The molecule has 0 spiro atoms. The number of benzene rings is 2. The first-order chi connectivity index (χ1) is 20.2. The average Bonchev–Trinajstić information content (AvgIpc) is 3.40. The van der Waals surface area contributed by atoms with Crippen molar-refractivity contribution >= 4 is 23.1 Å². The summed E-state index contributed by atoms with van der Waals surface area (Å²) in [5.41, 5.74) is 7.49. The summed E-state index contributed by atoms with van der Waals surface area (Å²) in [6.45, 7) is 3.80. The van der Waals surface area contributed by atoms with Crippen molar-refractivity contribution in [3.63, 3.8) is 0 Å². The summed E-state index contributed by atoms with van der Waals surface area (Å²) in [5.74, 6) is -0.864. The van der Waals surface area contributed by atoms with Crippen molar-refractivity contribution in [2.24, 2.45) is 11.7 Å². The summed E-state index contributed by atoms with van der Waals surface area (Å²) in [6.07, 6.45) is -0.606. The quantitative estimate of drug-likeness (QED) is 0.196. The number of rotatable bonds is 15. The van der Waals surface area contributed by atoms with Gasteiger partial charge in [-0.1, -0.05) is 30.3 Å². The molecule has 1 atom stereocenters. The number of ether oxygens (including phenoxy) is 1. The number of thiocarbonyl (C=S) groups is 1. The Morgan fingerprint density at radius 1 is 1.24 bits per heavy atom. The maximum atomic E-state index is 13.7. The highest BCUT2D eigenvalue weighted by Gasteiger charge is 2.34. The van der Waals surface area contributed by atoms with E-state index in [1.54, 1.807) is 35.6 Å². The molecule has 3 rings (SSSR count). The molecule has 0 radical (unpaired) electrons. The molecule has 0 aliphatic rings. The molecule has 224 valence electrons. The third-order valence-electron chi connectivity index (χ3n) is 6.69. The van der Waals surface area contributed by atoms with Gasteiger partial charge in [-0.05, 0) is 54.9 Å².